The number of amides is 1. The third-order valence-corrected chi connectivity index (χ3v) is 3.79. The van der Waals surface area contributed by atoms with Crippen molar-refractivity contribution in [2.45, 2.75) is 38.7 Å². The van der Waals surface area contributed by atoms with E-state index in [1.54, 1.807) is 0 Å². The van der Waals surface area contributed by atoms with Crippen LogP contribution in [0.5, 0.6) is 0 Å². The average molecular weight is 240 g/mol. The molecule has 1 N–H and O–H groups in total. The molecule has 2 unspecified atom stereocenters. The number of carbonyl (C=O) groups excluding carboxylic acids is 1. The Morgan fingerprint density at radius 3 is 2.94 bits per heavy atom. The van der Waals surface area contributed by atoms with Crippen molar-refractivity contribution in [1.82, 2.24) is 4.90 Å². The summed E-state index contributed by atoms with van der Waals surface area (Å²) in [5, 5.41) is 12.1. The average Bonchev–Trinajstić information content (AvgIpc) is 2.76. The normalized spacial score (nSPS) is 36.5. The fourth-order valence-corrected chi connectivity index (χ4v) is 2.64. The van der Waals surface area contributed by atoms with Crippen LogP contribution in [0.2, 0.25) is 0 Å². The van der Waals surface area contributed by atoms with E-state index in [2.05, 4.69) is 5.16 Å². The van der Waals surface area contributed by atoms with Gasteiger partial charge in [-0.3, -0.25) is 4.79 Å². The van der Waals surface area contributed by atoms with Gasteiger partial charge in [-0.25, -0.2) is 0 Å². The minimum absolute atomic E-state index is 0.0823. The van der Waals surface area contributed by atoms with Crippen molar-refractivity contribution in [2.24, 2.45) is 11.1 Å². The van der Waals surface area contributed by atoms with E-state index in [0.717, 1.165) is 18.6 Å². The second kappa shape index (κ2) is 4.64. The van der Waals surface area contributed by atoms with Gasteiger partial charge in [0, 0.05) is 32.0 Å². The van der Waals surface area contributed by atoms with E-state index >= 15 is 0 Å². The highest BCUT2D eigenvalue weighted by Gasteiger charge is 2.42. The number of oxime groups is 1. The molecule has 0 aromatic rings. The monoisotopic (exact) mass is 240 g/mol. The van der Waals surface area contributed by atoms with Gasteiger partial charge in [-0.15, -0.1) is 0 Å². The molecular weight excluding hydrogens is 220 g/mol. The summed E-state index contributed by atoms with van der Waals surface area (Å²) in [6.45, 7) is 5.78. The Labute approximate surface area is 101 Å². The highest BCUT2D eigenvalue weighted by molar-refractivity contribution is 5.91. The first kappa shape index (κ1) is 12.4. The molecule has 0 aliphatic carbocycles. The van der Waals surface area contributed by atoms with Gasteiger partial charge in [-0.2, -0.15) is 0 Å². The van der Waals surface area contributed by atoms with E-state index in [1.165, 1.54) is 0 Å². The van der Waals surface area contributed by atoms with Gasteiger partial charge < -0.3 is 14.8 Å². The van der Waals surface area contributed by atoms with E-state index in [0.29, 0.717) is 26.1 Å². The molecular formula is C12H20N2O3. The number of hydrogen-bond acceptors (Lipinski definition) is 4. The van der Waals surface area contributed by atoms with Gasteiger partial charge in [0.25, 0.3) is 5.91 Å². The Morgan fingerprint density at radius 2 is 2.41 bits per heavy atom. The van der Waals surface area contributed by atoms with Crippen molar-refractivity contribution in [3.8, 4) is 0 Å². The molecule has 2 saturated heterocycles. The third kappa shape index (κ3) is 2.29. The Kier molecular flexibility index (Phi) is 3.38. The Morgan fingerprint density at radius 1 is 1.65 bits per heavy atom. The zero-order chi connectivity index (χ0) is 12.5. The quantitative estimate of drug-likeness (QED) is 0.554. The first-order chi connectivity index (χ1) is 8.07. The molecule has 2 aliphatic heterocycles. The number of hydrogen-bond donors (Lipinski definition) is 1. The van der Waals surface area contributed by atoms with Crippen LogP contribution >= 0.6 is 0 Å². The van der Waals surface area contributed by atoms with Gasteiger partial charge in [-0.05, 0) is 19.8 Å². The Hall–Kier alpha value is -1.10. The summed E-state index contributed by atoms with van der Waals surface area (Å²) < 4.78 is 5.57. The van der Waals surface area contributed by atoms with E-state index < -0.39 is 5.60 Å². The molecule has 2 atom stereocenters. The summed E-state index contributed by atoms with van der Waals surface area (Å²) in [4.78, 5) is 14.2. The molecule has 0 aromatic carbocycles. The van der Waals surface area contributed by atoms with Crippen molar-refractivity contribution in [2.75, 3.05) is 19.7 Å². The van der Waals surface area contributed by atoms with Crippen LogP contribution in [0.25, 0.3) is 0 Å². The number of piperidine rings is 1. The highest BCUT2D eigenvalue weighted by atomic mass is 16.5. The smallest absolute Gasteiger partial charge is 0.254 e. The maximum atomic E-state index is 12.4. The van der Waals surface area contributed by atoms with Gasteiger partial charge >= 0.3 is 0 Å². The van der Waals surface area contributed by atoms with Gasteiger partial charge in [0.1, 0.15) is 5.60 Å². The molecule has 17 heavy (non-hydrogen) atoms. The summed E-state index contributed by atoms with van der Waals surface area (Å²) in [6.07, 6.45) is 2.41. The minimum Gasteiger partial charge on any atom is -0.411 e. The largest absolute Gasteiger partial charge is 0.411 e. The van der Waals surface area contributed by atoms with Gasteiger partial charge in [0.2, 0.25) is 0 Å². The van der Waals surface area contributed by atoms with Gasteiger partial charge in [0.15, 0.2) is 0 Å². The zero-order valence-electron chi connectivity index (χ0n) is 10.5. The summed E-state index contributed by atoms with van der Waals surface area (Å²) in [7, 11) is 0. The molecule has 2 rings (SSSR count). The molecule has 0 radical (unpaired) electrons. The first-order valence-electron chi connectivity index (χ1n) is 6.21. The first-order valence-corrected chi connectivity index (χ1v) is 6.21. The second-order valence-corrected chi connectivity index (χ2v) is 5.18. The van der Waals surface area contributed by atoms with Crippen LogP contribution in [0.1, 0.15) is 33.1 Å². The van der Waals surface area contributed by atoms with Crippen molar-refractivity contribution < 1.29 is 14.7 Å². The molecule has 0 spiro atoms. The van der Waals surface area contributed by atoms with Crippen LogP contribution < -0.4 is 0 Å². The molecule has 2 aliphatic rings. The minimum atomic E-state index is -0.631. The van der Waals surface area contributed by atoms with E-state index in [1.807, 2.05) is 18.7 Å². The van der Waals surface area contributed by atoms with E-state index in [-0.39, 0.29) is 11.8 Å². The van der Waals surface area contributed by atoms with Crippen LogP contribution in [0.3, 0.4) is 0 Å². The van der Waals surface area contributed by atoms with Crippen LogP contribution in [-0.2, 0) is 9.53 Å². The Balaban J connectivity index is 2.02. The molecule has 0 saturated carbocycles. The zero-order valence-corrected chi connectivity index (χ0v) is 10.5. The lowest BCUT2D eigenvalue weighted by Gasteiger charge is -2.36. The maximum absolute atomic E-state index is 12.4. The molecule has 5 heteroatoms. The standard InChI is InChI=1S/C12H20N2O3/c1-9-8-14(6-4-10(9)13-16)11(15)12(2)5-3-7-17-12/h9,16H,3-8H2,1-2H3. The Bertz CT molecular complexity index is 335. The summed E-state index contributed by atoms with van der Waals surface area (Å²) in [6, 6.07) is 0. The lowest BCUT2D eigenvalue weighted by atomic mass is 9.94. The van der Waals surface area contributed by atoms with Crippen LogP contribution in [0, 0.1) is 5.92 Å². The SMILES string of the molecule is CC1CN(C(=O)C2(C)CCCO2)CCC1=NO. The van der Waals surface area contributed by atoms with E-state index in [4.69, 9.17) is 9.94 Å². The molecule has 0 aromatic heterocycles. The van der Waals surface area contributed by atoms with Crippen LogP contribution in [-0.4, -0.2) is 47.0 Å². The van der Waals surface area contributed by atoms with Crippen LogP contribution in [0.15, 0.2) is 5.16 Å². The van der Waals surface area contributed by atoms with Crippen molar-refractivity contribution in [3.05, 3.63) is 0 Å². The number of likely N-dealkylation sites (tertiary alicyclic amines) is 1. The molecule has 0 bridgehead atoms. The molecule has 5 nitrogen and oxygen atoms in total. The molecule has 2 fully saturated rings. The fourth-order valence-electron chi connectivity index (χ4n) is 2.64. The summed E-state index contributed by atoms with van der Waals surface area (Å²) in [5.41, 5.74) is 0.152. The lowest BCUT2D eigenvalue weighted by molar-refractivity contribution is -0.151. The summed E-state index contributed by atoms with van der Waals surface area (Å²) >= 11 is 0. The molecule has 96 valence electrons. The predicted octanol–water partition coefficient (Wildman–Crippen LogP) is 1.25. The number of ether oxygens (including phenoxy) is 1. The number of carbonyl (C=O) groups is 1. The van der Waals surface area contributed by atoms with E-state index in [9.17, 15) is 4.79 Å². The summed E-state index contributed by atoms with van der Waals surface area (Å²) in [5.74, 6) is 0.210. The second-order valence-electron chi connectivity index (χ2n) is 5.18. The van der Waals surface area contributed by atoms with Crippen molar-refractivity contribution in [1.29, 1.82) is 0 Å². The molecule has 1 amide bonds. The lowest BCUT2D eigenvalue weighted by Crippen LogP contribution is -2.51. The highest BCUT2D eigenvalue weighted by Crippen LogP contribution is 2.28. The van der Waals surface area contributed by atoms with Crippen LogP contribution in [0.4, 0.5) is 0 Å². The number of nitrogens with zero attached hydrogens (tertiary/aromatic N) is 2. The molecule has 2 heterocycles. The van der Waals surface area contributed by atoms with Crippen molar-refractivity contribution >= 4 is 11.6 Å². The number of rotatable bonds is 1. The maximum Gasteiger partial charge on any atom is 0.254 e. The van der Waals surface area contributed by atoms with Gasteiger partial charge in [0.05, 0.1) is 5.71 Å². The third-order valence-electron chi connectivity index (χ3n) is 3.79. The van der Waals surface area contributed by atoms with Crippen molar-refractivity contribution in [3.63, 3.8) is 0 Å². The predicted molar refractivity (Wildman–Crippen MR) is 63.2 cm³/mol. The fraction of sp³-hybridized carbons (Fsp3) is 0.833. The van der Waals surface area contributed by atoms with Gasteiger partial charge in [-0.1, -0.05) is 12.1 Å². The topological polar surface area (TPSA) is 62.1 Å².